The zero-order chi connectivity index (χ0) is 13.2. The van der Waals surface area contributed by atoms with Gasteiger partial charge in [-0.05, 0) is 53.4 Å². The second kappa shape index (κ2) is 9.48. The van der Waals surface area contributed by atoms with Crippen molar-refractivity contribution in [2.45, 2.75) is 39.2 Å². The Kier molecular flexibility index (Phi) is 8.22. The molecule has 0 fully saturated rings. The quantitative estimate of drug-likeness (QED) is 0.711. The minimum atomic E-state index is 0.368. The first-order chi connectivity index (χ1) is 8.76. The fraction of sp³-hybridized carbons (Fsp3) is 0.643. The molecular formula is C14H23BrN2O. The molecule has 0 aliphatic heterocycles. The molecular weight excluding hydrogens is 292 g/mol. The smallest absolute Gasteiger partial charge is 0.0622 e. The van der Waals surface area contributed by atoms with E-state index in [0.29, 0.717) is 6.04 Å². The number of halogens is 1. The molecule has 3 nitrogen and oxygen atoms in total. The maximum Gasteiger partial charge on any atom is 0.0622 e. The molecule has 0 saturated carbocycles. The number of hydrogen-bond donors (Lipinski definition) is 1. The van der Waals surface area contributed by atoms with Crippen molar-refractivity contribution in [2.24, 2.45) is 0 Å². The van der Waals surface area contributed by atoms with Crippen molar-refractivity contribution >= 4 is 15.9 Å². The van der Waals surface area contributed by atoms with Crippen LogP contribution in [0.4, 0.5) is 0 Å². The van der Waals surface area contributed by atoms with Gasteiger partial charge in [0.15, 0.2) is 0 Å². The van der Waals surface area contributed by atoms with Crippen LogP contribution in [-0.2, 0) is 11.2 Å². The Hall–Kier alpha value is -0.450. The molecule has 0 bridgehead atoms. The Morgan fingerprint density at radius 1 is 1.33 bits per heavy atom. The molecule has 0 saturated heterocycles. The predicted octanol–water partition coefficient (Wildman–Crippen LogP) is 3.18. The maximum atomic E-state index is 5.65. The van der Waals surface area contributed by atoms with Gasteiger partial charge in [0.05, 0.1) is 6.61 Å². The Bertz CT molecular complexity index is 333. The highest BCUT2D eigenvalue weighted by Gasteiger charge is 2.09. The van der Waals surface area contributed by atoms with Crippen molar-refractivity contribution in [3.63, 3.8) is 0 Å². The average Bonchev–Trinajstić information content (AvgIpc) is 2.36. The number of rotatable bonds is 9. The van der Waals surface area contributed by atoms with E-state index in [1.54, 1.807) is 0 Å². The fourth-order valence-electron chi connectivity index (χ4n) is 1.76. The van der Waals surface area contributed by atoms with Crippen LogP contribution in [0, 0.1) is 0 Å². The van der Waals surface area contributed by atoms with Gasteiger partial charge in [0.1, 0.15) is 0 Å². The van der Waals surface area contributed by atoms with Crippen molar-refractivity contribution in [1.82, 2.24) is 10.3 Å². The first kappa shape index (κ1) is 15.6. The minimum absolute atomic E-state index is 0.368. The Morgan fingerprint density at radius 3 is 2.83 bits per heavy atom. The summed E-state index contributed by atoms with van der Waals surface area (Å²) < 4.78 is 6.68. The van der Waals surface area contributed by atoms with Gasteiger partial charge in [-0.1, -0.05) is 13.8 Å². The van der Waals surface area contributed by atoms with E-state index in [-0.39, 0.29) is 0 Å². The highest BCUT2D eigenvalue weighted by molar-refractivity contribution is 9.10. The van der Waals surface area contributed by atoms with Crippen molar-refractivity contribution in [3.05, 3.63) is 28.5 Å². The first-order valence-electron chi connectivity index (χ1n) is 6.66. The molecule has 1 aromatic heterocycles. The molecule has 18 heavy (non-hydrogen) atoms. The van der Waals surface area contributed by atoms with Gasteiger partial charge in [-0.15, -0.1) is 0 Å². The van der Waals surface area contributed by atoms with Gasteiger partial charge in [-0.2, -0.15) is 0 Å². The molecule has 0 aliphatic rings. The van der Waals surface area contributed by atoms with E-state index in [9.17, 15) is 0 Å². The molecule has 102 valence electrons. The third-order valence-electron chi connectivity index (χ3n) is 2.59. The van der Waals surface area contributed by atoms with Crippen LogP contribution in [0.3, 0.4) is 0 Å². The predicted molar refractivity (Wildman–Crippen MR) is 78.8 cm³/mol. The standard InChI is InChI=1S/C14H23BrN2O/c1-3-5-17-14(11-18-6-4-2)8-12-7-13(15)10-16-9-12/h7,9-10,14,17H,3-6,8,11H2,1-2H3. The van der Waals surface area contributed by atoms with E-state index in [2.05, 4.69) is 46.1 Å². The lowest BCUT2D eigenvalue weighted by molar-refractivity contribution is 0.111. The number of aromatic nitrogens is 1. The van der Waals surface area contributed by atoms with Crippen LogP contribution in [-0.4, -0.2) is 30.8 Å². The summed E-state index contributed by atoms with van der Waals surface area (Å²) in [4.78, 5) is 4.20. The Balaban J connectivity index is 2.48. The zero-order valence-electron chi connectivity index (χ0n) is 11.3. The third kappa shape index (κ3) is 6.47. The van der Waals surface area contributed by atoms with Gasteiger partial charge in [-0.3, -0.25) is 4.98 Å². The summed E-state index contributed by atoms with van der Waals surface area (Å²) >= 11 is 3.45. The summed E-state index contributed by atoms with van der Waals surface area (Å²) in [6, 6.07) is 2.49. The van der Waals surface area contributed by atoms with Gasteiger partial charge in [-0.25, -0.2) is 0 Å². The molecule has 1 N–H and O–H groups in total. The van der Waals surface area contributed by atoms with E-state index < -0.39 is 0 Å². The lowest BCUT2D eigenvalue weighted by Gasteiger charge is -2.18. The second-order valence-electron chi connectivity index (χ2n) is 4.44. The van der Waals surface area contributed by atoms with Gasteiger partial charge >= 0.3 is 0 Å². The lowest BCUT2D eigenvalue weighted by Crippen LogP contribution is -2.36. The Morgan fingerprint density at radius 2 is 2.17 bits per heavy atom. The van der Waals surface area contributed by atoms with Gasteiger partial charge in [0.25, 0.3) is 0 Å². The average molecular weight is 315 g/mol. The largest absolute Gasteiger partial charge is 0.380 e. The molecule has 0 aromatic carbocycles. The SMILES string of the molecule is CCCNC(COCCC)Cc1cncc(Br)c1. The van der Waals surface area contributed by atoms with Crippen LogP contribution < -0.4 is 5.32 Å². The van der Waals surface area contributed by atoms with Crippen LogP contribution in [0.2, 0.25) is 0 Å². The summed E-state index contributed by atoms with van der Waals surface area (Å²) in [6.07, 6.45) is 6.90. The number of ether oxygens (including phenoxy) is 1. The molecule has 1 aromatic rings. The fourth-order valence-corrected chi connectivity index (χ4v) is 2.17. The van der Waals surface area contributed by atoms with Crippen LogP contribution >= 0.6 is 15.9 Å². The van der Waals surface area contributed by atoms with E-state index >= 15 is 0 Å². The van der Waals surface area contributed by atoms with Gasteiger partial charge in [0.2, 0.25) is 0 Å². The molecule has 1 heterocycles. The molecule has 0 aliphatic carbocycles. The molecule has 0 radical (unpaired) electrons. The maximum absolute atomic E-state index is 5.65. The summed E-state index contributed by atoms with van der Waals surface area (Å²) in [5, 5.41) is 3.53. The number of nitrogens with one attached hydrogen (secondary N) is 1. The zero-order valence-corrected chi connectivity index (χ0v) is 12.9. The van der Waals surface area contributed by atoms with Crippen molar-refractivity contribution < 1.29 is 4.74 Å². The van der Waals surface area contributed by atoms with Gasteiger partial charge < -0.3 is 10.1 Å². The third-order valence-corrected chi connectivity index (χ3v) is 3.03. The lowest BCUT2D eigenvalue weighted by atomic mass is 10.1. The molecule has 1 rings (SSSR count). The normalized spacial score (nSPS) is 12.6. The highest BCUT2D eigenvalue weighted by atomic mass is 79.9. The van der Waals surface area contributed by atoms with Gasteiger partial charge in [0, 0.05) is 29.5 Å². The van der Waals surface area contributed by atoms with Crippen LogP contribution in [0.5, 0.6) is 0 Å². The monoisotopic (exact) mass is 314 g/mol. The van der Waals surface area contributed by atoms with E-state index in [1.165, 1.54) is 5.56 Å². The van der Waals surface area contributed by atoms with E-state index in [1.807, 2.05) is 12.4 Å². The summed E-state index contributed by atoms with van der Waals surface area (Å²) in [5.74, 6) is 0. The summed E-state index contributed by atoms with van der Waals surface area (Å²) in [6.45, 7) is 6.94. The van der Waals surface area contributed by atoms with Crippen molar-refractivity contribution in [1.29, 1.82) is 0 Å². The van der Waals surface area contributed by atoms with Crippen molar-refractivity contribution in [3.8, 4) is 0 Å². The van der Waals surface area contributed by atoms with Crippen molar-refractivity contribution in [2.75, 3.05) is 19.8 Å². The highest BCUT2D eigenvalue weighted by Crippen LogP contribution is 2.11. The van der Waals surface area contributed by atoms with E-state index in [0.717, 1.165) is 43.5 Å². The second-order valence-corrected chi connectivity index (χ2v) is 5.36. The van der Waals surface area contributed by atoms with Crippen LogP contribution in [0.15, 0.2) is 22.9 Å². The molecule has 1 unspecified atom stereocenters. The molecule has 4 heteroatoms. The number of pyridine rings is 1. The number of hydrogen-bond acceptors (Lipinski definition) is 3. The topological polar surface area (TPSA) is 34.1 Å². The van der Waals surface area contributed by atoms with E-state index in [4.69, 9.17) is 4.74 Å². The Labute approximate surface area is 118 Å². The number of nitrogens with zero attached hydrogens (tertiary/aromatic N) is 1. The molecule has 0 spiro atoms. The summed E-state index contributed by atoms with van der Waals surface area (Å²) in [5.41, 5.74) is 1.23. The molecule has 1 atom stereocenters. The first-order valence-corrected chi connectivity index (χ1v) is 7.46. The molecule has 0 amide bonds. The minimum Gasteiger partial charge on any atom is -0.380 e. The van der Waals surface area contributed by atoms with Crippen LogP contribution in [0.25, 0.3) is 0 Å². The summed E-state index contributed by atoms with van der Waals surface area (Å²) in [7, 11) is 0. The van der Waals surface area contributed by atoms with Crippen LogP contribution in [0.1, 0.15) is 32.3 Å².